The van der Waals surface area contributed by atoms with Crippen molar-refractivity contribution in [1.29, 1.82) is 0 Å². The highest BCUT2D eigenvalue weighted by molar-refractivity contribution is 8.01. The molecule has 0 aromatic rings. The van der Waals surface area contributed by atoms with Gasteiger partial charge in [-0.25, -0.2) is 0 Å². The average molecular weight is 431 g/mol. The third-order valence-electron chi connectivity index (χ3n) is 5.52. The summed E-state index contributed by atoms with van der Waals surface area (Å²) in [7, 11) is 0. The zero-order valence-corrected chi connectivity index (χ0v) is 19.8. The van der Waals surface area contributed by atoms with Crippen LogP contribution in [-0.2, 0) is 9.59 Å². The molecule has 0 fully saturated rings. The van der Waals surface area contributed by atoms with Crippen molar-refractivity contribution in [1.82, 2.24) is 0 Å². The highest BCUT2D eigenvalue weighted by Gasteiger charge is 2.26. The lowest BCUT2D eigenvalue weighted by atomic mass is 10.1. The van der Waals surface area contributed by atoms with Gasteiger partial charge in [0, 0.05) is 0 Å². The molecule has 2 atom stereocenters. The lowest BCUT2D eigenvalue weighted by Gasteiger charge is -2.18. The van der Waals surface area contributed by atoms with Crippen LogP contribution in [0.25, 0.3) is 0 Å². The fourth-order valence-electron chi connectivity index (χ4n) is 3.62. The number of hydrogen-bond acceptors (Lipinski definition) is 3. The van der Waals surface area contributed by atoms with Gasteiger partial charge in [-0.15, -0.1) is 11.8 Å². The maximum absolute atomic E-state index is 11.6. The van der Waals surface area contributed by atoms with Crippen molar-refractivity contribution in [3.63, 3.8) is 0 Å². The van der Waals surface area contributed by atoms with E-state index < -0.39 is 22.4 Å². The molecular formula is C24H46O4S. The van der Waals surface area contributed by atoms with Gasteiger partial charge < -0.3 is 10.2 Å². The number of carboxylic acids is 2. The normalized spacial score (nSPS) is 13.3. The minimum atomic E-state index is -0.861. The summed E-state index contributed by atoms with van der Waals surface area (Å²) in [6.45, 7) is 4.42. The van der Waals surface area contributed by atoms with Gasteiger partial charge in [0.05, 0.1) is 0 Å². The molecule has 0 aliphatic rings. The van der Waals surface area contributed by atoms with E-state index in [-0.39, 0.29) is 0 Å². The second-order valence-corrected chi connectivity index (χ2v) is 9.73. The number of thioether (sulfide) groups is 1. The Morgan fingerprint density at radius 2 is 0.828 bits per heavy atom. The standard InChI is InChI=1S/C24H46O4S/c1-3-5-7-9-11-13-15-17-19-21(23(25)26)29-22(24(27)28)20-18-16-14-12-10-8-6-4-2/h21-22H,3-20H2,1-2H3,(H,25,26)(H,27,28). The second kappa shape index (κ2) is 20.6. The molecule has 2 unspecified atom stereocenters. The fourth-order valence-corrected chi connectivity index (χ4v) is 4.86. The van der Waals surface area contributed by atoms with Crippen LogP contribution in [0.1, 0.15) is 129 Å². The molecule has 0 aromatic carbocycles. The van der Waals surface area contributed by atoms with Crippen molar-refractivity contribution in [2.45, 2.75) is 140 Å². The summed E-state index contributed by atoms with van der Waals surface area (Å²) in [4.78, 5) is 23.2. The summed E-state index contributed by atoms with van der Waals surface area (Å²) in [5, 5.41) is 17.8. The summed E-state index contributed by atoms with van der Waals surface area (Å²) in [5.74, 6) is -1.72. The summed E-state index contributed by atoms with van der Waals surface area (Å²) >= 11 is 1.16. The lowest BCUT2D eigenvalue weighted by Crippen LogP contribution is -2.25. The van der Waals surface area contributed by atoms with E-state index in [1.165, 1.54) is 64.2 Å². The van der Waals surface area contributed by atoms with Crippen LogP contribution in [0.3, 0.4) is 0 Å². The van der Waals surface area contributed by atoms with Crippen LogP contribution in [0.5, 0.6) is 0 Å². The van der Waals surface area contributed by atoms with Gasteiger partial charge in [-0.05, 0) is 12.8 Å². The van der Waals surface area contributed by atoms with Crippen LogP contribution < -0.4 is 0 Å². The van der Waals surface area contributed by atoms with Crippen LogP contribution in [0, 0.1) is 0 Å². The molecule has 0 saturated heterocycles. The molecule has 0 bridgehead atoms. The first-order valence-corrected chi connectivity index (χ1v) is 13.1. The SMILES string of the molecule is CCCCCCCCCCC(SC(CCCCCCCCCC)C(=O)O)C(=O)O. The Balaban J connectivity index is 4.02. The summed E-state index contributed by atoms with van der Waals surface area (Å²) in [5.41, 5.74) is 0. The molecule has 172 valence electrons. The zero-order chi connectivity index (χ0) is 21.7. The van der Waals surface area contributed by atoms with Crippen LogP contribution in [0.15, 0.2) is 0 Å². The Morgan fingerprint density at radius 3 is 1.10 bits per heavy atom. The van der Waals surface area contributed by atoms with Gasteiger partial charge in [0.2, 0.25) is 0 Å². The molecule has 0 aliphatic heterocycles. The van der Waals surface area contributed by atoms with Crippen molar-refractivity contribution in [3.05, 3.63) is 0 Å². The molecule has 4 nitrogen and oxygen atoms in total. The van der Waals surface area contributed by atoms with E-state index in [9.17, 15) is 19.8 Å². The third-order valence-corrected chi connectivity index (χ3v) is 7.05. The molecule has 0 heterocycles. The summed E-state index contributed by atoms with van der Waals surface area (Å²) < 4.78 is 0. The Hall–Kier alpha value is -0.710. The minimum absolute atomic E-state index is 0.580. The van der Waals surface area contributed by atoms with Crippen molar-refractivity contribution in [3.8, 4) is 0 Å². The Morgan fingerprint density at radius 1 is 0.552 bits per heavy atom. The fraction of sp³-hybridized carbons (Fsp3) is 0.917. The first-order chi connectivity index (χ1) is 14.0. The molecule has 0 spiro atoms. The molecule has 0 rings (SSSR count). The van der Waals surface area contributed by atoms with Crippen molar-refractivity contribution in [2.24, 2.45) is 0 Å². The first-order valence-electron chi connectivity index (χ1n) is 12.1. The third kappa shape index (κ3) is 17.8. The van der Waals surface area contributed by atoms with Gasteiger partial charge in [0.1, 0.15) is 10.5 Å². The smallest absolute Gasteiger partial charge is 0.316 e. The molecule has 2 N–H and O–H groups in total. The molecule has 0 radical (unpaired) electrons. The number of carbonyl (C=O) groups is 2. The van der Waals surface area contributed by atoms with E-state index in [4.69, 9.17) is 0 Å². The number of carboxylic acid groups (broad SMARTS) is 2. The van der Waals surface area contributed by atoms with Gasteiger partial charge in [-0.2, -0.15) is 0 Å². The molecule has 5 heteroatoms. The highest BCUT2D eigenvalue weighted by Crippen LogP contribution is 2.27. The summed E-state index contributed by atoms with van der Waals surface area (Å²) in [6.07, 6.45) is 20.0. The van der Waals surface area contributed by atoms with Gasteiger partial charge in [0.15, 0.2) is 0 Å². The van der Waals surface area contributed by atoms with Gasteiger partial charge >= 0.3 is 11.9 Å². The highest BCUT2D eigenvalue weighted by atomic mass is 32.2. The number of rotatable bonds is 22. The predicted molar refractivity (Wildman–Crippen MR) is 125 cm³/mol. The average Bonchev–Trinajstić information content (AvgIpc) is 2.69. The van der Waals surface area contributed by atoms with Gasteiger partial charge in [0.25, 0.3) is 0 Å². The Bertz CT molecular complexity index is 364. The monoisotopic (exact) mass is 430 g/mol. The first kappa shape index (κ1) is 28.3. The molecule has 0 amide bonds. The Kier molecular flexibility index (Phi) is 20.1. The second-order valence-electron chi connectivity index (χ2n) is 8.32. The predicted octanol–water partition coefficient (Wildman–Crippen LogP) is 7.69. The number of unbranched alkanes of at least 4 members (excludes halogenated alkanes) is 14. The van der Waals surface area contributed by atoms with E-state index in [1.807, 2.05) is 0 Å². The van der Waals surface area contributed by atoms with E-state index in [2.05, 4.69) is 13.8 Å². The van der Waals surface area contributed by atoms with Gasteiger partial charge in [-0.1, -0.05) is 117 Å². The van der Waals surface area contributed by atoms with Crippen molar-refractivity contribution >= 4 is 23.7 Å². The van der Waals surface area contributed by atoms with Crippen LogP contribution >= 0.6 is 11.8 Å². The van der Waals surface area contributed by atoms with E-state index in [0.29, 0.717) is 12.8 Å². The zero-order valence-electron chi connectivity index (χ0n) is 19.0. The van der Waals surface area contributed by atoms with E-state index >= 15 is 0 Å². The number of aliphatic carboxylic acids is 2. The minimum Gasteiger partial charge on any atom is -0.480 e. The molecule has 29 heavy (non-hydrogen) atoms. The van der Waals surface area contributed by atoms with E-state index in [0.717, 1.165) is 50.3 Å². The van der Waals surface area contributed by atoms with E-state index in [1.54, 1.807) is 0 Å². The molecule has 0 aliphatic carbocycles. The largest absolute Gasteiger partial charge is 0.480 e. The maximum Gasteiger partial charge on any atom is 0.316 e. The topological polar surface area (TPSA) is 74.6 Å². The van der Waals surface area contributed by atoms with Gasteiger partial charge in [-0.3, -0.25) is 9.59 Å². The molecule has 0 aromatic heterocycles. The van der Waals surface area contributed by atoms with Crippen LogP contribution in [0.2, 0.25) is 0 Å². The van der Waals surface area contributed by atoms with Crippen LogP contribution in [0.4, 0.5) is 0 Å². The van der Waals surface area contributed by atoms with Crippen molar-refractivity contribution in [2.75, 3.05) is 0 Å². The Labute approximate surface area is 183 Å². The summed E-state index contributed by atoms with van der Waals surface area (Å²) in [6, 6.07) is 0. The van der Waals surface area contributed by atoms with Crippen LogP contribution in [-0.4, -0.2) is 32.7 Å². The molecule has 0 saturated carbocycles. The lowest BCUT2D eigenvalue weighted by molar-refractivity contribution is -0.136. The molecular weight excluding hydrogens is 384 g/mol. The quantitative estimate of drug-likeness (QED) is 0.172. The maximum atomic E-state index is 11.6. The van der Waals surface area contributed by atoms with Crippen molar-refractivity contribution < 1.29 is 19.8 Å². The number of hydrogen-bond donors (Lipinski definition) is 2.